The molecule has 2 rings (SSSR count). The molecule has 1 fully saturated rings. The molecule has 0 amide bonds. The van der Waals surface area contributed by atoms with Gasteiger partial charge < -0.3 is 4.90 Å². The van der Waals surface area contributed by atoms with Crippen molar-refractivity contribution in [2.75, 3.05) is 37.6 Å². The SMILES string of the molecule is CC(C)CN1CCN(c2nc(Cl)ncc2Cl)CC1. The number of nitrogens with zero attached hydrogens (tertiary/aromatic N) is 4. The molecule has 0 radical (unpaired) electrons. The number of aromatic nitrogens is 2. The van der Waals surface area contributed by atoms with Crippen LogP contribution in [0.4, 0.5) is 5.82 Å². The fourth-order valence-electron chi connectivity index (χ4n) is 2.22. The zero-order chi connectivity index (χ0) is 13.1. The Labute approximate surface area is 118 Å². The summed E-state index contributed by atoms with van der Waals surface area (Å²) in [5, 5.41) is 0.815. The molecule has 4 nitrogen and oxygen atoms in total. The number of halogens is 2. The summed E-state index contributed by atoms with van der Waals surface area (Å²) in [5.41, 5.74) is 0. The second-order valence-corrected chi connectivity index (χ2v) is 5.74. The predicted molar refractivity (Wildman–Crippen MR) is 75.5 cm³/mol. The molecule has 1 aromatic rings. The van der Waals surface area contributed by atoms with E-state index >= 15 is 0 Å². The summed E-state index contributed by atoms with van der Waals surface area (Å²) in [4.78, 5) is 12.7. The Balaban J connectivity index is 1.99. The van der Waals surface area contributed by atoms with Gasteiger partial charge in [-0.1, -0.05) is 25.4 Å². The van der Waals surface area contributed by atoms with E-state index in [1.54, 1.807) is 6.20 Å². The Morgan fingerprint density at radius 2 is 1.89 bits per heavy atom. The molecular formula is C12H18Cl2N4. The third kappa shape index (κ3) is 3.46. The summed E-state index contributed by atoms with van der Waals surface area (Å²) < 4.78 is 0. The van der Waals surface area contributed by atoms with Crippen LogP contribution in [0.5, 0.6) is 0 Å². The Morgan fingerprint density at radius 1 is 1.22 bits per heavy atom. The third-order valence-electron chi connectivity index (χ3n) is 2.99. The number of rotatable bonds is 3. The first kappa shape index (κ1) is 13.8. The normalized spacial score (nSPS) is 17.5. The Kier molecular flexibility index (Phi) is 4.65. The molecule has 0 spiro atoms. The maximum atomic E-state index is 6.11. The van der Waals surface area contributed by atoms with Crippen molar-refractivity contribution in [1.82, 2.24) is 14.9 Å². The molecule has 1 aliphatic rings. The molecule has 2 heterocycles. The fraction of sp³-hybridized carbons (Fsp3) is 0.667. The first-order chi connectivity index (χ1) is 8.56. The lowest BCUT2D eigenvalue weighted by molar-refractivity contribution is 0.231. The van der Waals surface area contributed by atoms with Crippen molar-refractivity contribution in [3.63, 3.8) is 0 Å². The maximum absolute atomic E-state index is 6.11. The van der Waals surface area contributed by atoms with Crippen molar-refractivity contribution in [2.45, 2.75) is 13.8 Å². The van der Waals surface area contributed by atoms with Gasteiger partial charge in [-0.15, -0.1) is 0 Å². The summed E-state index contributed by atoms with van der Waals surface area (Å²) in [6, 6.07) is 0. The van der Waals surface area contributed by atoms with E-state index in [9.17, 15) is 0 Å². The maximum Gasteiger partial charge on any atom is 0.224 e. The zero-order valence-electron chi connectivity index (χ0n) is 10.7. The minimum atomic E-state index is 0.249. The second-order valence-electron chi connectivity index (χ2n) is 4.99. The van der Waals surface area contributed by atoms with Gasteiger partial charge in [-0.2, -0.15) is 4.98 Å². The smallest absolute Gasteiger partial charge is 0.224 e. The minimum absolute atomic E-state index is 0.249. The van der Waals surface area contributed by atoms with Crippen molar-refractivity contribution in [3.8, 4) is 0 Å². The van der Waals surface area contributed by atoms with Crippen molar-refractivity contribution >= 4 is 29.0 Å². The highest BCUT2D eigenvalue weighted by molar-refractivity contribution is 6.33. The number of hydrogen-bond donors (Lipinski definition) is 0. The van der Waals surface area contributed by atoms with Crippen molar-refractivity contribution in [3.05, 3.63) is 16.5 Å². The average molecular weight is 289 g/mol. The van der Waals surface area contributed by atoms with Gasteiger partial charge in [0.2, 0.25) is 5.28 Å². The molecule has 18 heavy (non-hydrogen) atoms. The molecule has 1 aromatic heterocycles. The van der Waals surface area contributed by atoms with Gasteiger partial charge in [0.15, 0.2) is 5.82 Å². The highest BCUT2D eigenvalue weighted by Gasteiger charge is 2.20. The van der Waals surface area contributed by atoms with E-state index in [2.05, 4.69) is 33.6 Å². The molecule has 6 heteroatoms. The van der Waals surface area contributed by atoms with Crippen molar-refractivity contribution in [2.24, 2.45) is 5.92 Å². The number of hydrogen-bond acceptors (Lipinski definition) is 4. The van der Waals surface area contributed by atoms with Gasteiger partial charge in [-0.05, 0) is 17.5 Å². The standard InChI is InChI=1S/C12H18Cl2N4/c1-9(2)8-17-3-5-18(6-4-17)11-10(13)7-15-12(14)16-11/h7,9H,3-6,8H2,1-2H3. The van der Waals surface area contributed by atoms with E-state index in [1.807, 2.05) is 0 Å². The monoisotopic (exact) mass is 288 g/mol. The lowest BCUT2D eigenvalue weighted by Gasteiger charge is -2.36. The first-order valence-corrected chi connectivity index (χ1v) is 6.97. The largest absolute Gasteiger partial charge is 0.353 e. The van der Waals surface area contributed by atoms with Crippen LogP contribution in [0.2, 0.25) is 10.3 Å². The molecular weight excluding hydrogens is 271 g/mol. The molecule has 0 bridgehead atoms. The highest BCUT2D eigenvalue weighted by Crippen LogP contribution is 2.24. The van der Waals surface area contributed by atoms with E-state index in [4.69, 9.17) is 23.2 Å². The Hall–Kier alpha value is -0.580. The molecule has 0 aliphatic carbocycles. The average Bonchev–Trinajstić information content (AvgIpc) is 2.33. The van der Waals surface area contributed by atoms with E-state index in [0.29, 0.717) is 10.9 Å². The summed E-state index contributed by atoms with van der Waals surface area (Å²) in [6.07, 6.45) is 1.56. The molecule has 1 saturated heterocycles. The molecule has 100 valence electrons. The van der Waals surface area contributed by atoms with Gasteiger partial charge >= 0.3 is 0 Å². The fourth-order valence-corrected chi connectivity index (χ4v) is 2.56. The van der Waals surface area contributed by atoms with Crippen LogP contribution in [-0.4, -0.2) is 47.6 Å². The van der Waals surface area contributed by atoms with E-state index < -0.39 is 0 Å². The van der Waals surface area contributed by atoms with Gasteiger partial charge in [0.1, 0.15) is 5.02 Å². The molecule has 0 N–H and O–H groups in total. The second kappa shape index (κ2) is 6.04. The Bertz CT molecular complexity index is 403. The quantitative estimate of drug-likeness (QED) is 0.801. The van der Waals surface area contributed by atoms with Crippen LogP contribution in [-0.2, 0) is 0 Å². The van der Waals surface area contributed by atoms with Crippen LogP contribution in [0.3, 0.4) is 0 Å². The number of anilines is 1. The van der Waals surface area contributed by atoms with Gasteiger partial charge in [0.05, 0.1) is 6.20 Å². The predicted octanol–water partition coefficient (Wildman–Crippen LogP) is 2.56. The Morgan fingerprint density at radius 3 is 2.50 bits per heavy atom. The number of piperazine rings is 1. The first-order valence-electron chi connectivity index (χ1n) is 6.21. The van der Waals surface area contributed by atoms with Crippen LogP contribution in [0, 0.1) is 5.92 Å². The van der Waals surface area contributed by atoms with E-state index in [0.717, 1.165) is 38.5 Å². The van der Waals surface area contributed by atoms with Crippen LogP contribution < -0.4 is 4.90 Å². The minimum Gasteiger partial charge on any atom is -0.353 e. The molecule has 0 atom stereocenters. The van der Waals surface area contributed by atoms with Crippen LogP contribution >= 0.6 is 23.2 Å². The molecule has 0 unspecified atom stereocenters. The van der Waals surface area contributed by atoms with Crippen LogP contribution in [0.1, 0.15) is 13.8 Å². The molecule has 0 saturated carbocycles. The van der Waals surface area contributed by atoms with Crippen molar-refractivity contribution < 1.29 is 0 Å². The highest BCUT2D eigenvalue weighted by atomic mass is 35.5. The summed E-state index contributed by atoms with van der Waals surface area (Å²) in [7, 11) is 0. The van der Waals surface area contributed by atoms with E-state index in [-0.39, 0.29) is 5.28 Å². The zero-order valence-corrected chi connectivity index (χ0v) is 12.2. The van der Waals surface area contributed by atoms with Crippen LogP contribution in [0.15, 0.2) is 6.20 Å². The lowest BCUT2D eigenvalue weighted by Crippen LogP contribution is -2.47. The summed E-state index contributed by atoms with van der Waals surface area (Å²) in [6.45, 7) is 9.57. The van der Waals surface area contributed by atoms with Gasteiger partial charge in [-0.25, -0.2) is 4.98 Å². The summed E-state index contributed by atoms with van der Waals surface area (Å²) >= 11 is 11.9. The van der Waals surface area contributed by atoms with Gasteiger partial charge in [0, 0.05) is 32.7 Å². The molecule has 0 aromatic carbocycles. The lowest BCUT2D eigenvalue weighted by atomic mass is 10.2. The van der Waals surface area contributed by atoms with E-state index in [1.165, 1.54) is 0 Å². The molecule has 1 aliphatic heterocycles. The van der Waals surface area contributed by atoms with Crippen LogP contribution in [0.25, 0.3) is 0 Å². The summed E-state index contributed by atoms with van der Waals surface area (Å²) in [5.74, 6) is 1.45. The third-order valence-corrected chi connectivity index (χ3v) is 3.44. The van der Waals surface area contributed by atoms with Crippen molar-refractivity contribution in [1.29, 1.82) is 0 Å². The topological polar surface area (TPSA) is 32.3 Å². The van der Waals surface area contributed by atoms with Gasteiger partial charge in [-0.3, -0.25) is 4.90 Å². The van der Waals surface area contributed by atoms with Gasteiger partial charge in [0.25, 0.3) is 0 Å².